The molecule has 1 saturated carbocycles. The largest absolute Gasteiger partial charge is 0.497 e. The van der Waals surface area contributed by atoms with Gasteiger partial charge in [-0.25, -0.2) is 4.98 Å². The molecule has 2 amide bonds. The third-order valence-corrected chi connectivity index (χ3v) is 7.79. The number of nitrogens with one attached hydrogen (secondary N) is 1. The Morgan fingerprint density at radius 3 is 2.68 bits per heavy atom. The molecule has 34 heavy (non-hydrogen) atoms. The number of hydrogen-bond donors (Lipinski definition) is 1. The first kappa shape index (κ1) is 22.6. The standard InChI is InChI=1S/C27H29N3O3S/c1-33-22-12-7-10-20(16-22)25(31)28-17-21-11-5-6-15-30(21)27(32)23-24(18-8-3-2-4-9-18)34-26(29-23)19-13-14-19/h2-4,7-10,12,16,19,21H,5-6,11,13-15,17H2,1H3,(H,28,31)/t21-/m0/s1. The minimum absolute atomic E-state index is 0.0256. The van der Waals surface area contributed by atoms with E-state index in [-0.39, 0.29) is 17.9 Å². The monoisotopic (exact) mass is 475 g/mol. The van der Waals surface area contributed by atoms with Crippen LogP contribution in [0.5, 0.6) is 5.75 Å². The van der Waals surface area contributed by atoms with Crippen LogP contribution in [0.1, 0.15) is 63.9 Å². The lowest BCUT2D eigenvalue weighted by molar-refractivity contribution is 0.0598. The van der Waals surface area contributed by atoms with Crippen LogP contribution in [0.25, 0.3) is 10.4 Å². The maximum Gasteiger partial charge on any atom is 0.274 e. The molecule has 6 nitrogen and oxygen atoms in total. The summed E-state index contributed by atoms with van der Waals surface area (Å²) >= 11 is 1.66. The molecule has 0 spiro atoms. The molecule has 1 aliphatic carbocycles. The lowest BCUT2D eigenvalue weighted by atomic mass is 10.0. The maximum absolute atomic E-state index is 13.8. The summed E-state index contributed by atoms with van der Waals surface area (Å²) in [5, 5.41) is 4.10. The van der Waals surface area contributed by atoms with Gasteiger partial charge in [0, 0.05) is 30.6 Å². The Kier molecular flexibility index (Phi) is 6.63. The Labute approximate surface area is 204 Å². The summed E-state index contributed by atoms with van der Waals surface area (Å²) in [6.07, 6.45) is 5.17. The van der Waals surface area contributed by atoms with Gasteiger partial charge in [0.2, 0.25) is 0 Å². The van der Waals surface area contributed by atoms with Crippen LogP contribution >= 0.6 is 11.3 Å². The van der Waals surface area contributed by atoms with Crippen molar-refractivity contribution in [3.05, 3.63) is 70.9 Å². The van der Waals surface area contributed by atoms with Crippen LogP contribution in [0.2, 0.25) is 0 Å². The molecule has 1 aromatic heterocycles. The Bertz CT molecular complexity index is 1170. The third kappa shape index (κ3) is 4.85. The molecule has 0 radical (unpaired) electrons. The van der Waals surface area contributed by atoms with Crippen LogP contribution < -0.4 is 10.1 Å². The van der Waals surface area contributed by atoms with Crippen molar-refractivity contribution in [3.8, 4) is 16.2 Å². The summed E-state index contributed by atoms with van der Waals surface area (Å²) in [4.78, 5) is 34.3. The van der Waals surface area contributed by atoms with E-state index in [2.05, 4.69) is 5.32 Å². The van der Waals surface area contributed by atoms with Crippen LogP contribution in [0, 0.1) is 0 Å². The molecule has 1 saturated heterocycles. The number of likely N-dealkylation sites (tertiary alicyclic amines) is 1. The Balaban J connectivity index is 1.35. The van der Waals surface area contributed by atoms with E-state index in [1.165, 1.54) is 0 Å². The summed E-state index contributed by atoms with van der Waals surface area (Å²) in [6, 6.07) is 17.1. The highest BCUT2D eigenvalue weighted by molar-refractivity contribution is 7.15. The summed E-state index contributed by atoms with van der Waals surface area (Å²) in [5.74, 6) is 0.952. The highest BCUT2D eigenvalue weighted by Crippen LogP contribution is 2.45. The van der Waals surface area contributed by atoms with Gasteiger partial charge in [0.15, 0.2) is 0 Å². The first-order valence-corrected chi connectivity index (χ1v) is 12.7. The number of nitrogens with zero attached hydrogens (tertiary/aromatic N) is 2. The van der Waals surface area contributed by atoms with E-state index in [9.17, 15) is 9.59 Å². The number of thiazole rings is 1. The van der Waals surface area contributed by atoms with Crippen molar-refractivity contribution in [2.45, 2.75) is 44.1 Å². The van der Waals surface area contributed by atoms with Gasteiger partial charge in [-0.05, 0) is 55.9 Å². The molecule has 3 aromatic rings. The van der Waals surface area contributed by atoms with Gasteiger partial charge in [-0.1, -0.05) is 36.4 Å². The fraction of sp³-hybridized carbons (Fsp3) is 0.370. The van der Waals surface area contributed by atoms with Gasteiger partial charge in [-0.2, -0.15) is 0 Å². The molecule has 7 heteroatoms. The van der Waals surface area contributed by atoms with Crippen LogP contribution in [-0.2, 0) is 0 Å². The minimum atomic E-state index is -0.161. The zero-order chi connectivity index (χ0) is 23.5. The van der Waals surface area contributed by atoms with E-state index in [4.69, 9.17) is 9.72 Å². The van der Waals surface area contributed by atoms with E-state index in [1.807, 2.05) is 41.3 Å². The minimum Gasteiger partial charge on any atom is -0.497 e. The number of hydrogen-bond acceptors (Lipinski definition) is 5. The summed E-state index contributed by atoms with van der Waals surface area (Å²) < 4.78 is 5.23. The topological polar surface area (TPSA) is 71.5 Å². The first-order chi connectivity index (χ1) is 16.6. The van der Waals surface area contributed by atoms with E-state index >= 15 is 0 Å². The van der Waals surface area contributed by atoms with Crippen molar-refractivity contribution in [1.29, 1.82) is 0 Å². The van der Waals surface area contributed by atoms with Gasteiger partial charge >= 0.3 is 0 Å². The lowest BCUT2D eigenvalue weighted by Crippen LogP contribution is -2.49. The number of amides is 2. The van der Waals surface area contributed by atoms with Crippen LogP contribution in [0.3, 0.4) is 0 Å². The number of ether oxygens (including phenoxy) is 1. The Hall–Kier alpha value is -3.19. The fourth-order valence-electron chi connectivity index (χ4n) is 4.46. The molecule has 5 rings (SSSR count). The van der Waals surface area contributed by atoms with E-state index < -0.39 is 0 Å². The molecule has 1 atom stereocenters. The number of carbonyl (C=O) groups is 2. The van der Waals surface area contributed by atoms with Crippen molar-refractivity contribution in [2.24, 2.45) is 0 Å². The van der Waals surface area contributed by atoms with Gasteiger partial charge in [0.1, 0.15) is 11.4 Å². The molecular weight excluding hydrogens is 446 g/mol. The van der Waals surface area contributed by atoms with Crippen molar-refractivity contribution < 1.29 is 14.3 Å². The predicted octanol–water partition coefficient (Wildman–Crippen LogP) is 5.12. The number of aromatic nitrogens is 1. The number of rotatable bonds is 7. The van der Waals surface area contributed by atoms with Crippen molar-refractivity contribution in [3.63, 3.8) is 0 Å². The average molecular weight is 476 g/mol. The quantitative estimate of drug-likeness (QED) is 0.515. The molecule has 2 heterocycles. The molecule has 2 aliphatic rings. The zero-order valence-electron chi connectivity index (χ0n) is 19.3. The summed E-state index contributed by atoms with van der Waals surface area (Å²) in [6.45, 7) is 1.10. The van der Waals surface area contributed by atoms with E-state index in [0.29, 0.717) is 36.0 Å². The summed E-state index contributed by atoms with van der Waals surface area (Å²) in [7, 11) is 1.58. The normalized spacial score (nSPS) is 17.9. The maximum atomic E-state index is 13.8. The fourth-order valence-corrected chi connectivity index (χ4v) is 5.70. The van der Waals surface area contributed by atoms with Gasteiger partial charge in [-0.15, -0.1) is 11.3 Å². The molecule has 2 aromatic carbocycles. The third-order valence-electron chi connectivity index (χ3n) is 6.53. The lowest BCUT2D eigenvalue weighted by Gasteiger charge is -2.35. The van der Waals surface area contributed by atoms with Gasteiger partial charge < -0.3 is 15.0 Å². The molecule has 0 unspecified atom stereocenters. The Morgan fingerprint density at radius 1 is 1.09 bits per heavy atom. The van der Waals surface area contributed by atoms with Crippen molar-refractivity contribution in [1.82, 2.24) is 15.2 Å². The second-order valence-electron chi connectivity index (χ2n) is 8.96. The second kappa shape index (κ2) is 9.97. The van der Waals surface area contributed by atoms with Crippen molar-refractivity contribution >= 4 is 23.2 Å². The smallest absolute Gasteiger partial charge is 0.274 e. The number of benzene rings is 2. The molecular formula is C27H29N3O3S. The first-order valence-electron chi connectivity index (χ1n) is 11.9. The highest BCUT2D eigenvalue weighted by Gasteiger charge is 2.34. The van der Waals surface area contributed by atoms with Gasteiger partial charge in [0.05, 0.1) is 17.0 Å². The van der Waals surface area contributed by atoms with Gasteiger partial charge in [0.25, 0.3) is 11.8 Å². The Morgan fingerprint density at radius 2 is 1.91 bits per heavy atom. The predicted molar refractivity (Wildman–Crippen MR) is 134 cm³/mol. The molecule has 1 N–H and O–H groups in total. The average Bonchev–Trinajstić information content (AvgIpc) is 3.65. The molecule has 0 bridgehead atoms. The molecule has 2 fully saturated rings. The second-order valence-corrected chi connectivity index (χ2v) is 9.99. The zero-order valence-corrected chi connectivity index (χ0v) is 20.1. The molecule has 176 valence electrons. The highest BCUT2D eigenvalue weighted by atomic mass is 32.1. The van der Waals surface area contributed by atoms with Gasteiger partial charge in [-0.3, -0.25) is 9.59 Å². The van der Waals surface area contributed by atoms with Crippen LogP contribution in [0.4, 0.5) is 0 Å². The molecule has 1 aliphatic heterocycles. The van der Waals surface area contributed by atoms with Crippen molar-refractivity contribution in [2.75, 3.05) is 20.2 Å². The SMILES string of the molecule is COc1cccc(C(=O)NC[C@@H]2CCCCN2C(=O)c2nc(C3CC3)sc2-c2ccccc2)c1. The van der Waals surface area contributed by atoms with Crippen LogP contribution in [0.15, 0.2) is 54.6 Å². The number of carbonyl (C=O) groups excluding carboxylic acids is 2. The van der Waals surface area contributed by atoms with E-state index in [1.54, 1.807) is 36.6 Å². The van der Waals surface area contributed by atoms with E-state index in [0.717, 1.165) is 47.6 Å². The number of piperidine rings is 1. The summed E-state index contributed by atoms with van der Waals surface area (Å²) in [5.41, 5.74) is 2.15. The number of methoxy groups -OCH3 is 1. The van der Waals surface area contributed by atoms with Crippen LogP contribution in [-0.4, -0.2) is 47.9 Å².